The Morgan fingerprint density at radius 2 is 0.818 bits per heavy atom. The number of unbranched alkanes of at least 4 members (excludes halogenated alkanes) is 38. The lowest BCUT2D eigenvalue weighted by Crippen LogP contribution is -2.56. The lowest BCUT2D eigenvalue weighted by molar-refractivity contribution is -0.148. The SMILES string of the molecule is CCCCCCCCCCCCCCCCCCCCCCOc1ccc(COC(=O)[C@H](CSCNC(C)=O)NC(=O)[C@H](C)NC(=O)[C@H](CSCNC(C)=O)NC(=O)OC(C)(C)C)c(OCCCCCCCCCCCCCCCCCCCCCC)c1. The Balaban J connectivity index is 2.83. The van der Waals surface area contributed by atoms with Crippen LogP contribution in [0.15, 0.2) is 18.2 Å². The number of benzene rings is 1. The number of esters is 1. The molecule has 0 aliphatic heterocycles. The van der Waals surface area contributed by atoms with Gasteiger partial charge in [-0.1, -0.05) is 258 Å². The van der Waals surface area contributed by atoms with Gasteiger partial charge in [0.05, 0.1) is 25.0 Å². The van der Waals surface area contributed by atoms with Gasteiger partial charge in [-0.15, -0.1) is 23.5 Å². The maximum absolute atomic E-state index is 13.9. The molecule has 0 aliphatic carbocycles. The topological polar surface area (TPSA) is 199 Å². The molecule has 17 heteroatoms. The molecule has 0 saturated heterocycles. The standard InChI is InChI=1S/C71H129N5O10S2/c1-9-11-13-15-17-19-21-23-25-27-29-31-33-35-37-39-41-43-45-47-51-83-63-50-49-62(66(53-63)84-52-48-46-44-42-40-38-36-34-32-30-28-26-24-22-20-18-16-14-12-10-2)54-85-69(81)65(56-88-58-73-61(5)78)75-67(79)59(3)74-68(80)64(55-87-57-72-60(4)77)76-70(82)86-71(6,7)8/h49-50,53,59,64-65H,9-48,51-52,54-58H2,1-8H3,(H,72,77)(H,73,78)(H,74,80)(H,75,79)(H,76,82)/t59-,64-,65-/m0/s1. The monoisotopic (exact) mass is 1280 g/mol. The molecule has 0 saturated carbocycles. The molecular formula is C71H129N5O10S2. The van der Waals surface area contributed by atoms with Gasteiger partial charge in [-0.2, -0.15) is 0 Å². The molecule has 1 rings (SSSR count). The molecule has 5 N–H and O–H groups in total. The quantitative estimate of drug-likeness (QED) is 0.0235. The first-order chi connectivity index (χ1) is 42.6. The van der Waals surface area contributed by atoms with E-state index in [2.05, 4.69) is 40.4 Å². The second kappa shape index (κ2) is 57.1. The minimum Gasteiger partial charge on any atom is -0.493 e. The number of hydrogen-bond donors (Lipinski definition) is 5. The number of thioether (sulfide) groups is 2. The predicted molar refractivity (Wildman–Crippen MR) is 368 cm³/mol. The first-order valence-electron chi connectivity index (χ1n) is 35.4. The van der Waals surface area contributed by atoms with Crippen LogP contribution in [-0.2, 0) is 40.1 Å². The molecule has 88 heavy (non-hydrogen) atoms. The fourth-order valence-corrected chi connectivity index (χ4v) is 12.1. The zero-order valence-electron chi connectivity index (χ0n) is 57.1. The second-order valence-corrected chi connectivity index (χ2v) is 27.6. The highest BCUT2D eigenvalue weighted by Gasteiger charge is 2.30. The smallest absolute Gasteiger partial charge is 0.408 e. The van der Waals surface area contributed by atoms with Crippen LogP contribution in [0.2, 0.25) is 0 Å². The highest BCUT2D eigenvalue weighted by Crippen LogP contribution is 2.28. The van der Waals surface area contributed by atoms with Crippen molar-refractivity contribution < 1.29 is 47.7 Å². The Labute approximate surface area is 545 Å². The van der Waals surface area contributed by atoms with E-state index in [-0.39, 0.29) is 41.7 Å². The maximum Gasteiger partial charge on any atom is 0.408 e. The van der Waals surface area contributed by atoms with Crippen molar-refractivity contribution in [2.24, 2.45) is 0 Å². The van der Waals surface area contributed by atoms with Gasteiger partial charge in [0, 0.05) is 37.0 Å². The van der Waals surface area contributed by atoms with Gasteiger partial charge in [0.15, 0.2) is 0 Å². The molecule has 0 unspecified atom stereocenters. The maximum atomic E-state index is 13.9. The molecule has 15 nitrogen and oxygen atoms in total. The van der Waals surface area contributed by atoms with Gasteiger partial charge >= 0.3 is 12.1 Å². The van der Waals surface area contributed by atoms with E-state index in [4.69, 9.17) is 18.9 Å². The molecule has 5 amide bonds. The van der Waals surface area contributed by atoms with Crippen molar-refractivity contribution in [1.29, 1.82) is 0 Å². The largest absolute Gasteiger partial charge is 0.493 e. The van der Waals surface area contributed by atoms with E-state index < -0.39 is 47.6 Å². The van der Waals surface area contributed by atoms with Crippen LogP contribution in [0.25, 0.3) is 0 Å². The molecule has 510 valence electrons. The zero-order chi connectivity index (χ0) is 64.6. The van der Waals surface area contributed by atoms with Gasteiger partial charge in [-0.05, 0) is 52.7 Å². The lowest BCUT2D eigenvalue weighted by atomic mass is 10.0. The summed E-state index contributed by atoms with van der Waals surface area (Å²) < 4.78 is 24.0. The Hall–Kier alpha value is -3.86. The average molecular weight is 1280 g/mol. The molecule has 0 bridgehead atoms. The Morgan fingerprint density at radius 1 is 0.455 bits per heavy atom. The normalized spacial score (nSPS) is 12.4. The number of hydrogen-bond acceptors (Lipinski definition) is 12. The molecular weight excluding hydrogens is 1150 g/mol. The minimum atomic E-state index is -1.15. The molecule has 0 aromatic heterocycles. The number of carbonyl (C=O) groups is 6. The first kappa shape index (κ1) is 82.2. The number of carbonyl (C=O) groups excluding carboxylic acids is 6. The van der Waals surface area contributed by atoms with Crippen molar-refractivity contribution in [3.05, 3.63) is 23.8 Å². The number of nitrogens with one attached hydrogen (secondary N) is 5. The molecule has 1 aromatic carbocycles. The lowest BCUT2D eigenvalue weighted by Gasteiger charge is -2.25. The summed E-state index contributed by atoms with van der Waals surface area (Å²) in [5.74, 6) is -0.767. The Morgan fingerprint density at radius 3 is 1.19 bits per heavy atom. The van der Waals surface area contributed by atoms with Crippen molar-refractivity contribution >= 4 is 59.2 Å². The van der Waals surface area contributed by atoms with Gasteiger partial charge < -0.3 is 45.5 Å². The molecule has 0 spiro atoms. The van der Waals surface area contributed by atoms with Crippen molar-refractivity contribution in [2.75, 3.05) is 36.5 Å². The summed E-state index contributed by atoms with van der Waals surface area (Å²) in [5, 5.41) is 13.3. The highest BCUT2D eigenvalue weighted by atomic mass is 32.2. The Kier molecular flexibility index (Phi) is 53.3. The Bertz CT molecular complexity index is 1920. The third-order valence-electron chi connectivity index (χ3n) is 15.7. The van der Waals surface area contributed by atoms with Crippen molar-refractivity contribution in [3.63, 3.8) is 0 Å². The number of rotatable bonds is 60. The molecule has 1 aromatic rings. The van der Waals surface area contributed by atoms with Crippen LogP contribution in [0.4, 0.5) is 4.79 Å². The predicted octanol–water partition coefficient (Wildman–Crippen LogP) is 17.7. The van der Waals surface area contributed by atoms with Crippen LogP contribution >= 0.6 is 23.5 Å². The van der Waals surface area contributed by atoms with E-state index in [1.165, 1.54) is 269 Å². The fraction of sp³-hybridized carbons (Fsp3) is 0.831. The van der Waals surface area contributed by atoms with E-state index in [0.717, 1.165) is 32.1 Å². The number of alkyl carbamates (subject to hydrolysis) is 1. The molecule has 0 fully saturated rings. The van der Waals surface area contributed by atoms with E-state index in [1.54, 1.807) is 20.8 Å². The third-order valence-corrected chi connectivity index (χ3v) is 17.5. The van der Waals surface area contributed by atoms with E-state index in [0.29, 0.717) is 30.3 Å². The number of amides is 5. The van der Waals surface area contributed by atoms with Crippen LogP contribution in [-0.4, -0.2) is 95.9 Å². The van der Waals surface area contributed by atoms with E-state index >= 15 is 0 Å². The van der Waals surface area contributed by atoms with Crippen molar-refractivity contribution in [3.8, 4) is 11.5 Å². The van der Waals surface area contributed by atoms with Crippen LogP contribution in [0.5, 0.6) is 11.5 Å². The molecule has 0 heterocycles. The summed E-state index contributed by atoms with van der Waals surface area (Å²) in [4.78, 5) is 77.0. The van der Waals surface area contributed by atoms with Crippen LogP contribution in [0, 0.1) is 0 Å². The van der Waals surface area contributed by atoms with E-state index in [1.807, 2.05) is 18.2 Å². The summed E-state index contributed by atoms with van der Waals surface area (Å²) in [6.07, 6.45) is 52.2. The summed E-state index contributed by atoms with van der Waals surface area (Å²) in [7, 11) is 0. The summed E-state index contributed by atoms with van der Waals surface area (Å²) in [6.45, 7) is 14.9. The summed E-state index contributed by atoms with van der Waals surface area (Å²) in [6, 6.07) is 2.20. The summed E-state index contributed by atoms with van der Waals surface area (Å²) >= 11 is 2.42. The van der Waals surface area contributed by atoms with Crippen LogP contribution in [0.1, 0.15) is 318 Å². The molecule has 0 radical (unpaired) electrons. The van der Waals surface area contributed by atoms with E-state index in [9.17, 15) is 28.8 Å². The highest BCUT2D eigenvalue weighted by molar-refractivity contribution is 7.99. The third kappa shape index (κ3) is 50.8. The van der Waals surface area contributed by atoms with Gasteiger partial charge in [0.1, 0.15) is 41.8 Å². The molecule has 0 aliphatic rings. The summed E-state index contributed by atoms with van der Waals surface area (Å²) in [5.41, 5.74) is -0.172. The van der Waals surface area contributed by atoms with Gasteiger partial charge in [0.25, 0.3) is 0 Å². The van der Waals surface area contributed by atoms with Gasteiger partial charge in [-0.25, -0.2) is 9.59 Å². The first-order valence-corrected chi connectivity index (χ1v) is 37.7. The minimum absolute atomic E-state index is 0.0587. The van der Waals surface area contributed by atoms with Gasteiger partial charge in [0.2, 0.25) is 23.6 Å². The fourth-order valence-electron chi connectivity index (χ4n) is 10.4. The number of ether oxygens (including phenoxy) is 4. The second-order valence-electron chi connectivity index (χ2n) is 25.5. The van der Waals surface area contributed by atoms with Crippen molar-refractivity contribution in [1.82, 2.24) is 26.6 Å². The average Bonchev–Trinajstić information content (AvgIpc) is 3.03. The van der Waals surface area contributed by atoms with Gasteiger partial charge in [-0.3, -0.25) is 19.2 Å². The van der Waals surface area contributed by atoms with Crippen molar-refractivity contribution in [2.45, 2.75) is 343 Å². The molecule has 3 atom stereocenters. The zero-order valence-corrected chi connectivity index (χ0v) is 58.7. The van der Waals surface area contributed by atoms with Crippen LogP contribution in [0.3, 0.4) is 0 Å². The van der Waals surface area contributed by atoms with Crippen LogP contribution < -0.4 is 36.1 Å².